The van der Waals surface area contributed by atoms with E-state index in [-0.39, 0.29) is 5.92 Å². The summed E-state index contributed by atoms with van der Waals surface area (Å²) < 4.78 is 0. The zero-order chi connectivity index (χ0) is 14.7. The van der Waals surface area contributed by atoms with Gasteiger partial charge in [0.15, 0.2) is 0 Å². The zero-order valence-electron chi connectivity index (χ0n) is 13.8. The molecule has 2 fully saturated rings. The Balaban J connectivity index is 1.80. The van der Waals surface area contributed by atoms with Gasteiger partial charge in [-0.05, 0) is 50.1 Å². The van der Waals surface area contributed by atoms with Crippen LogP contribution in [0, 0.1) is 23.7 Å². The Labute approximate surface area is 124 Å². The van der Waals surface area contributed by atoms with Crippen LogP contribution in [0.2, 0.25) is 0 Å². The molecule has 2 atom stereocenters. The molecule has 2 rings (SSSR count). The Morgan fingerprint density at radius 1 is 1.10 bits per heavy atom. The number of hydrogen-bond donors (Lipinski definition) is 0. The fourth-order valence-electron chi connectivity index (χ4n) is 3.61. The molecule has 1 amide bonds. The van der Waals surface area contributed by atoms with Crippen molar-refractivity contribution < 1.29 is 4.79 Å². The Kier molecular flexibility index (Phi) is 5.48. The molecule has 0 saturated carbocycles. The second-order valence-corrected chi connectivity index (χ2v) is 7.45. The summed E-state index contributed by atoms with van der Waals surface area (Å²) in [6, 6.07) is 0. The van der Waals surface area contributed by atoms with Crippen LogP contribution in [0.25, 0.3) is 0 Å². The van der Waals surface area contributed by atoms with Crippen LogP contribution >= 0.6 is 0 Å². The molecule has 0 spiro atoms. The molecule has 0 aromatic rings. The topological polar surface area (TPSA) is 23.6 Å². The van der Waals surface area contributed by atoms with Crippen LogP contribution < -0.4 is 0 Å². The molecule has 3 heteroatoms. The maximum atomic E-state index is 12.1. The largest absolute Gasteiger partial charge is 0.342 e. The van der Waals surface area contributed by atoms with Crippen molar-refractivity contribution in [1.82, 2.24) is 9.80 Å². The summed E-state index contributed by atoms with van der Waals surface area (Å²) in [6.07, 6.45) is 3.91. The third kappa shape index (κ3) is 3.97. The molecule has 2 heterocycles. The average Bonchev–Trinajstić information content (AvgIpc) is 2.42. The summed E-state index contributed by atoms with van der Waals surface area (Å²) in [6.45, 7) is 14.5. The molecule has 0 unspecified atom stereocenters. The van der Waals surface area contributed by atoms with Gasteiger partial charge in [0.05, 0.1) is 0 Å². The number of nitrogens with zero attached hydrogens (tertiary/aromatic N) is 2. The van der Waals surface area contributed by atoms with Crippen LogP contribution in [-0.2, 0) is 4.79 Å². The van der Waals surface area contributed by atoms with Gasteiger partial charge in [0.2, 0.25) is 5.91 Å². The highest BCUT2D eigenvalue weighted by molar-refractivity contribution is 5.78. The Bertz CT molecular complexity index is 321. The van der Waals surface area contributed by atoms with Crippen molar-refractivity contribution in [2.75, 3.05) is 32.7 Å². The number of hydrogen-bond acceptors (Lipinski definition) is 2. The molecule has 20 heavy (non-hydrogen) atoms. The predicted octanol–water partition coefficient (Wildman–Crippen LogP) is 2.86. The smallest absolute Gasteiger partial charge is 0.225 e. The van der Waals surface area contributed by atoms with Crippen LogP contribution in [0.1, 0.15) is 47.0 Å². The van der Waals surface area contributed by atoms with Crippen molar-refractivity contribution in [3.63, 3.8) is 0 Å². The second kappa shape index (κ2) is 6.93. The first-order valence-corrected chi connectivity index (χ1v) is 8.48. The fourth-order valence-corrected chi connectivity index (χ4v) is 3.61. The van der Waals surface area contributed by atoms with Gasteiger partial charge in [-0.1, -0.05) is 27.7 Å². The molecule has 2 aliphatic heterocycles. The Morgan fingerprint density at radius 2 is 1.75 bits per heavy atom. The Hall–Kier alpha value is -0.570. The minimum Gasteiger partial charge on any atom is -0.342 e. The summed E-state index contributed by atoms with van der Waals surface area (Å²) in [5.74, 6) is 2.81. The van der Waals surface area contributed by atoms with E-state index in [9.17, 15) is 4.79 Å². The number of likely N-dealkylation sites (tertiary alicyclic amines) is 2. The summed E-state index contributed by atoms with van der Waals surface area (Å²) in [5.41, 5.74) is 0. The van der Waals surface area contributed by atoms with E-state index in [0.29, 0.717) is 11.8 Å². The van der Waals surface area contributed by atoms with Gasteiger partial charge in [-0.2, -0.15) is 0 Å². The van der Waals surface area contributed by atoms with E-state index >= 15 is 0 Å². The first kappa shape index (κ1) is 15.8. The molecule has 2 saturated heterocycles. The minimum atomic E-state index is 0.141. The monoisotopic (exact) mass is 280 g/mol. The minimum absolute atomic E-state index is 0.141. The Morgan fingerprint density at radius 3 is 2.30 bits per heavy atom. The number of carbonyl (C=O) groups is 1. The van der Waals surface area contributed by atoms with Crippen LogP contribution in [0.4, 0.5) is 0 Å². The normalized spacial score (nSPS) is 29.9. The molecule has 0 bridgehead atoms. The van der Waals surface area contributed by atoms with E-state index in [1.54, 1.807) is 0 Å². The van der Waals surface area contributed by atoms with E-state index < -0.39 is 0 Å². The zero-order valence-corrected chi connectivity index (χ0v) is 13.8. The van der Waals surface area contributed by atoms with Gasteiger partial charge >= 0.3 is 0 Å². The van der Waals surface area contributed by atoms with Crippen molar-refractivity contribution in [1.29, 1.82) is 0 Å². The summed E-state index contributed by atoms with van der Waals surface area (Å²) in [5, 5.41) is 0. The third-order valence-corrected chi connectivity index (χ3v) is 5.26. The summed E-state index contributed by atoms with van der Waals surface area (Å²) in [4.78, 5) is 16.8. The van der Waals surface area contributed by atoms with Gasteiger partial charge < -0.3 is 9.80 Å². The van der Waals surface area contributed by atoms with E-state index in [1.165, 1.54) is 38.9 Å². The van der Waals surface area contributed by atoms with Gasteiger partial charge in [-0.3, -0.25) is 4.79 Å². The number of carbonyl (C=O) groups excluding carboxylic acids is 1. The van der Waals surface area contributed by atoms with Gasteiger partial charge in [0.25, 0.3) is 0 Å². The highest BCUT2D eigenvalue weighted by Gasteiger charge is 2.31. The first-order valence-electron chi connectivity index (χ1n) is 8.48. The first-order chi connectivity index (χ1) is 9.47. The van der Waals surface area contributed by atoms with E-state index in [2.05, 4.69) is 23.6 Å². The lowest BCUT2D eigenvalue weighted by molar-refractivity contribution is -0.137. The van der Waals surface area contributed by atoms with E-state index in [0.717, 1.165) is 24.9 Å². The SMILES string of the molecule is CC1CCN(C[C@H]2CCN(C(=O)C(C)C)C[C@H]2C)CC1. The van der Waals surface area contributed by atoms with Crippen molar-refractivity contribution in [2.24, 2.45) is 23.7 Å². The molecule has 2 aliphatic rings. The fraction of sp³-hybridized carbons (Fsp3) is 0.941. The number of piperidine rings is 2. The van der Waals surface area contributed by atoms with Gasteiger partial charge in [0, 0.05) is 25.6 Å². The van der Waals surface area contributed by atoms with Crippen molar-refractivity contribution in [3.8, 4) is 0 Å². The standard InChI is InChI=1S/C17H32N2O/c1-13(2)17(20)19-10-7-16(15(4)11-19)12-18-8-5-14(3)6-9-18/h13-16H,5-12H2,1-4H3/t15-,16-/m1/s1. The quantitative estimate of drug-likeness (QED) is 0.793. The predicted molar refractivity (Wildman–Crippen MR) is 83.5 cm³/mol. The molecular formula is C17H32N2O. The summed E-state index contributed by atoms with van der Waals surface area (Å²) in [7, 11) is 0. The average molecular weight is 280 g/mol. The van der Waals surface area contributed by atoms with Gasteiger partial charge in [-0.15, -0.1) is 0 Å². The van der Waals surface area contributed by atoms with Crippen LogP contribution in [-0.4, -0.2) is 48.4 Å². The van der Waals surface area contributed by atoms with E-state index in [1.807, 2.05) is 13.8 Å². The maximum absolute atomic E-state index is 12.1. The maximum Gasteiger partial charge on any atom is 0.225 e. The van der Waals surface area contributed by atoms with Crippen LogP contribution in [0.15, 0.2) is 0 Å². The van der Waals surface area contributed by atoms with Crippen LogP contribution in [0.3, 0.4) is 0 Å². The lowest BCUT2D eigenvalue weighted by atomic mass is 9.85. The molecule has 116 valence electrons. The number of rotatable bonds is 3. The van der Waals surface area contributed by atoms with Crippen molar-refractivity contribution in [3.05, 3.63) is 0 Å². The second-order valence-electron chi connectivity index (χ2n) is 7.45. The number of amides is 1. The summed E-state index contributed by atoms with van der Waals surface area (Å²) >= 11 is 0. The van der Waals surface area contributed by atoms with Gasteiger partial charge in [0.1, 0.15) is 0 Å². The highest BCUT2D eigenvalue weighted by Crippen LogP contribution is 2.27. The van der Waals surface area contributed by atoms with E-state index in [4.69, 9.17) is 0 Å². The van der Waals surface area contributed by atoms with Crippen molar-refractivity contribution in [2.45, 2.75) is 47.0 Å². The molecule has 0 radical (unpaired) electrons. The van der Waals surface area contributed by atoms with Gasteiger partial charge in [-0.25, -0.2) is 0 Å². The molecular weight excluding hydrogens is 248 g/mol. The lowest BCUT2D eigenvalue weighted by Gasteiger charge is -2.41. The highest BCUT2D eigenvalue weighted by atomic mass is 16.2. The van der Waals surface area contributed by atoms with Crippen LogP contribution in [0.5, 0.6) is 0 Å². The molecule has 0 aromatic heterocycles. The molecule has 3 nitrogen and oxygen atoms in total. The lowest BCUT2D eigenvalue weighted by Crippen LogP contribution is -2.48. The molecule has 0 aliphatic carbocycles. The van der Waals surface area contributed by atoms with Crippen molar-refractivity contribution >= 4 is 5.91 Å². The molecule has 0 aromatic carbocycles. The third-order valence-electron chi connectivity index (χ3n) is 5.26. The molecule has 0 N–H and O–H groups in total.